The van der Waals surface area contributed by atoms with Gasteiger partial charge in [-0.15, -0.1) is 0 Å². The van der Waals surface area contributed by atoms with Crippen molar-refractivity contribution in [2.45, 2.75) is 12.8 Å². The Bertz CT molecular complexity index is 444. The van der Waals surface area contributed by atoms with Gasteiger partial charge in [0.1, 0.15) is 5.82 Å². The van der Waals surface area contributed by atoms with Gasteiger partial charge in [-0.05, 0) is 37.1 Å². The molecule has 0 bridgehead atoms. The minimum absolute atomic E-state index is 0.310. The molecule has 0 spiro atoms. The van der Waals surface area contributed by atoms with Crippen LogP contribution in [0.1, 0.15) is 12.8 Å². The number of carbonyl (C=O) groups is 2. The molecule has 1 fully saturated rings. The number of aliphatic carboxylic acids is 1. The molecule has 1 amide bonds. The van der Waals surface area contributed by atoms with Crippen molar-refractivity contribution >= 4 is 17.6 Å². The lowest BCUT2D eigenvalue weighted by Gasteiger charge is -2.31. The van der Waals surface area contributed by atoms with Crippen LogP contribution in [0.3, 0.4) is 0 Å². The van der Waals surface area contributed by atoms with E-state index in [9.17, 15) is 14.0 Å². The number of nitrogens with one attached hydrogen (secondary N) is 1. The van der Waals surface area contributed by atoms with E-state index in [4.69, 9.17) is 5.11 Å². The molecule has 2 atom stereocenters. The minimum Gasteiger partial charge on any atom is -0.481 e. The predicted octanol–water partition coefficient (Wildman–Crippen LogP) is 1.88. The number of rotatable bonds is 3. The van der Waals surface area contributed by atoms with Gasteiger partial charge in [0, 0.05) is 5.69 Å². The van der Waals surface area contributed by atoms with E-state index in [1.165, 1.54) is 24.3 Å². The lowest BCUT2D eigenvalue weighted by Crippen LogP contribution is -2.41. The second kappa shape index (κ2) is 4.53. The molecule has 1 aromatic carbocycles. The molecule has 1 aliphatic rings. The largest absolute Gasteiger partial charge is 0.481 e. The molecule has 1 aromatic rings. The van der Waals surface area contributed by atoms with E-state index in [0.29, 0.717) is 18.5 Å². The zero-order valence-electron chi connectivity index (χ0n) is 9.02. The highest BCUT2D eigenvalue weighted by atomic mass is 19.1. The molecule has 0 radical (unpaired) electrons. The summed E-state index contributed by atoms with van der Waals surface area (Å²) in [6.07, 6.45) is 1.13. The van der Waals surface area contributed by atoms with Crippen LogP contribution in [-0.4, -0.2) is 17.0 Å². The first-order valence-corrected chi connectivity index (χ1v) is 5.37. The summed E-state index contributed by atoms with van der Waals surface area (Å²) in [5.41, 5.74) is 0.479. The molecule has 0 heterocycles. The number of carbonyl (C=O) groups excluding carboxylic acids is 1. The highest BCUT2D eigenvalue weighted by Gasteiger charge is 2.41. The first-order chi connectivity index (χ1) is 8.08. The molecule has 2 N–H and O–H groups in total. The minimum atomic E-state index is -0.935. The van der Waals surface area contributed by atoms with Crippen LogP contribution in [0.4, 0.5) is 10.1 Å². The van der Waals surface area contributed by atoms with Gasteiger partial charge in [-0.1, -0.05) is 0 Å². The molecule has 0 aromatic heterocycles. The van der Waals surface area contributed by atoms with Crippen LogP contribution in [0.15, 0.2) is 24.3 Å². The smallest absolute Gasteiger partial charge is 0.307 e. The van der Waals surface area contributed by atoms with Crippen LogP contribution in [0.2, 0.25) is 0 Å². The van der Waals surface area contributed by atoms with E-state index in [-0.39, 0.29) is 11.7 Å². The van der Waals surface area contributed by atoms with E-state index in [1.54, 1.807) is 0 Å². The predicted molar refractivity (Wildman–Crippen MR) is 58.9 cm³/mol. The van der Waals surface area contributed by atoms with E-state index < -0.39 is 17.8 Å². The van der Waals surface area contributed by atoms with Crippen LogP contribution in [-0.2, 0) is 9.59 Å². The van der Waals surface area contributed by atoms with Gasteiger partial charge in [-0.2, -0.15) is 0 Å². The first-order valence-electron chi connectivity index (χ1n) is 5.37. The molecule has 4 nitrogen and oxygen atoms in total. The number of carboxylic acid groups (broad SMARTS) is 1. The third-order valence-electron chi connectivity index (χ3n) is 3.04. The Morgan fingerprint density at radius 3 is 2.24 bits per heavy atom. The SMILES string of the molecule is O=C(O)C1CCC1C(=O)Nc1ccc(F)cc1. The Kier molecular flexibility index (Phi) is 3.08. The first kappa shape index (κ1) is 11.6. The van der Waals surface area contributed by atoms with Gasteiger partial charge < -0.3 is 10.4 Å². The van der Waals surface area contributed by atoms with Crippen molar-refractivity contribution in [2.24, 2.45) is 11.8 Å². The van der Waals surface area contributed by atoms with Crippen LogP contribution >= 0.6 is 0 Å². The molecule has 90 valence electrons. The van der Waals surface area contributed by atoms with Crippen molar-refractivity contribution in [3.63, 3.8) is 0 Å². The fourth-order valence-electron chi connectivity index (χ4n) is 1.88. The molecular weight excluding hydrogens is 225 g/mol. The van der Waals surface area contributed by atoms with E-state index in [0.717, 1.165) is 0 Å². The van der Waals surface area contributed by atoms with Crippen LogP contribution in [0, 0.1) is 17.7 Å². The molecule has 1 aliphatic carbocycles. The van der Waals surface area contributed by atoms with Crippen molar-refractivity contribution in [3.8, 4) is 0 Å². The Morgan fingerprint density at radius 2 is 1.76 bits per heavy atom. The van der Waals surface area contributed by atoms with Gasteiger partial charge >= 0.3 is 5.97 Å². The molecule has 17 heavy (non-hydrogen) atoms. The highest BCUT2D eigenvalue weighted by Crippen LogP contribution is 2.35. The average molecular weight is 237 g/mol. The maximum atomic E-state index is 12.6. The summed E-state index contributed by atoms with van der Waals surface area (Å²) in [6, 6.07) is 5.37. The van der Waals surface area contributed by atoms with Crippen LogP contribution < -0.4 is 5.32 Å². The van der Waals surface area contributed by atoms with Crippen molar-refractivity contribution in [2.75, 3.05) is 5.32 Å². The number of anilines is 1. The van der Waals surface area contributed by atoms with Gasteiger partial charge in [0.2, 0.25) is 5.91 Å². The third-order valence-corrected chi connectivity index (χ3v) is 3.04. The summed E-state index contributed by atoms with van der Waals surface area (Å²) in [7, 11) is 0. The normalized spacial score (nSPS) is 22.6. The van der Waals surface area contributed by atoms with Gasteiger partial charge in [0.25, 0.3) is 0 Å². The maximum absolute atomic E-state index is 12.6. The van der Waals surface area contributed by atoms with Crippen molar-refractivity contribution < 1.29 is 19.1 Å². The third kappa shape index (κ3) is 2.43. The summed E-state index contributed by atoms with van der Waals surface area (Å²) in [5.74, 6) is -2.69. The topological polar surface area (TPSA) is 66.4 Å². The fourth-order valence-corrected chi connectivity index (χ4v) is 1.88. The van der Waals surface area contributed by atoms with Gasteiger partial charge in [-0.25, -0.2) is 4.39 Å². The van der Waals surface area contributed by atoms with Gasteiger partial charge in [0.05, 0.1) is 11.8 Å². The molecule has 0 saturated heterocycles. The van der Waals surface area contributed by atoms with Gasteiger partial charge in [-0.3, -0.25) is 9.59 Å². The maximum Gasteiger partial charge on any atom is 0.307 e. The Balaban J connectivity index is 1.98. The number of benzene rings is 1. The summed E-state index contributed by atoms with van der Waals surface area (Å²) < 4.78 is 12.6. The highest BCUT2D eigenvalue weighted by molar-refractivity contribution is 5.96. The number of halogens is 1. The molecular formula is C12H12FNO3. The van der Waals surface area contributed by atoms with Gasteiger partial charge in [0.15, 0.2) is 0 Å². The van der Waals surface area contributed by atoms with E-state index >= 15 is 0 Å². The van der Waals surface area contributed by atoms with Crippen LogP contribution in [0.25, 0.3) is 0 Å². The zero-order valence-corrected chi connectivity index (χ0v) is 9.02. The molecule has 2 unspecified atom stereocenters. The van der Waals surface area contributed by atoms with Crippen molar-refractivity contribution in [1.82, 2.24) is 0 Å². The standard InChI is InChI=1S/C12H12FNO3/c13-7-1-3-8(4-2-7)14-11(15)9-5-6-10(9)12(16)17/h1-4,9-10H,5-6H2,(H,14,15)(H,16,17). The summed E-state index contributed by atoms with van der Waals surface area (Å²) in [5, 5.41) is 11.4. The van der Waals surface area contributed by atoms with Crippen LogP contribution in [0.5, 0.6) is 0 Å². The molecule has 2 rings (SSSR count). The summed E-state index contributed by atoms with van der Waals surface area (Å²) >= 11 is 0. The Hall–Kier alpha value is -1.91. The van der Waals surface area contributed by atoms with E-state index in [1.807, 2.05) is 0 Å². The van der Waals surface area contributed by atoms with Crippen molar-refractivity contribution in [1.29, 1.82) is 0 Å². The lowest BCUT2D eigenvalue weighted by atomic mass is 9.73. The Labute approximate surface area is 97.4 Å². The Morgan fingerprint density at radius 1 is 1.18 bits per heavy atom. The molecule has 1 saturated carbocycles. The number of amides is 1. The lowest BCUT2D eigenvalue weighted by molar-refractivity contribution is -0.151. The monoisotopic (exact) mass is 237 g/mol. The quantitative estimate of drug-likeness (QED) is 0.843. The molecule has 0 aliphatic heterocycles. The number of carboxylic acids is 1. The summed E-state index contributed by atoms with van der Waals surface area (Å²) in [4.78, 5) is 22.5. The number of hydrogen-bond acceptors (Lipinski definition) is 2. The summed E-state index contributed by atoms with van der Waals surface area (Å²) in [6.45, 7) is 0. The average Bonchev–Trinajstić information content (AvgIpc) is 2.18. The molecule has 5 heteroatoms. The number of hydrogen-bond donors (Lipinski definition) is 2. The van der Waals surface area contributed by atoms with Crippen molar-refractivity contribution in [3.05, 3.63) is 30.1 Å². The fraction of sp³-hybridized carbons (Fsp3) is 0.333. The second-order valence-corrected chi connectivity index (χ2v) is 4.12. The second-order valence-electron chi connectivity index (χ2n) is 4.12. The zero-order chi connectivity index (χ0) is 12.4. The van der Waals surface area contributed by atoms with E-state index in [2.05, 4.69) is 5.32 Å².